The normalized spacial score (nSPS) is 11.1. The summed E-state index contributed by atoms with van der Waals surface area (Å²) in [7, 11) is 0. The standard InChI is InChI=1S/C18H12FN3O4/c19-10-5-7-11(8-6-10)20-14(23)9-22-17(24)16-15(21-18(22)25)12-3-1-2-4-13(12)26-16/h1-8H,9H2,(H,20,23)(H,21,25). The lowest BCUT2D eigenvalue weighted by Crippen LogP contribution is -2.38. The smallest absolute Gasteiger partial charge is 0.329 e. The van der Waals surface area contributed by atoms with Gasteiger partial charge in [0.2, 0.25) is 11.5 Å². The van der Waals surface area contributed by atoms with Crippen molar-refractivity contribution in [3.8, 4) is 0 Å². The van der Waals surface area contributed by atoms with Crippen LogP contribution in [0.1, 0.15) is 0 Å². The molecule has 26 heavy (non-hydrogen) atoms. The van der Waals surface area contributed by atoms with Gasteiger partial charge >= 0.3 is 5.69 Å². The third-order valence-electron chi connectivity index (χ3n) is 3.94. The third-order valence-corrected chi connectivity index (χ3v) is 3.94. The van der Waals surface area contributed by atoms with Crippen LogP contribution in [0.5, 0.6) is 0 Å². The van der Waals surface area contributed by atoms with Crippen LogP contribution in [0.4, 0.5) is 10.1 Å². The number of hydrogen-bond acceptors (Lipinski definition) is 4. The zero-order chi connectivity index (χ0) is 18.3. The maximum absolute atomic E-state index is 12.9. The van der Waals surface area contributed by atoms with Crippen LogP contribution >= 0.6 is 0 Å². The number of benzene rings is 2. The number of halogens is 1. The summed E-state index contributed by atoms with van der Waals surface area (Å²) in [6, 6.07) is 12.0. The number of rotatable bonds is 3. The number of aromatic amines is 1. The Kier molecular flexibility index (Phi) is 3.65. The zero-order valence-electron chi connectivity index (χ0n) is 13.3. The Morgan fingerprint density at radius 2 is 1.85 bits per heavy atom. The number of nitrogens with one attached hydrogen (secondary N) is 2. The lowest BCUT2D eigenvalue weighted by molar-refractivity contribution is -0.116. The van der Waals surface area contributed by atoms with Crippen LogP contribution in [0.15, 0.2) is 62.5 Å². The molecular formula is C18H12FN3O4. The van der Waals surface area contributed by atoms with Crippen molar-refractivity contribution in [1.82, 2.24) is 9.55 Å². The van der Waals surface area contributed by atoms with Crippen LogP contribution < -0.4 is 16.6 Å². The van der Waals surface area contributed by atoms with Gasteiger partial charge in [-0.1, -0.05) is 12.1 Å². The van der Waals surface area contributed by atoms with E-state index in [4.69, 9.17) is 4.42 Å². The molecule has 0 spiro atoms. The van der Waals surface area contributed by atoms with Gasteiger partial charge in [0.05, 0.1) is 0 Å². The van der Waals surface area contributed by atoms with Crippen molar-refractivity contribution in [3.63, 3.8) is 0 Å². The first-order valence-electron chi connectivity index (χ1n) is 7.73. The first-order chi connectivity index (χ1) is 12.5. The van der Waals surface area contributed by atoms with E-state index in [-0.39, 0.29) is 5.58 Å². The number of hydrogen-bond donors (Lipinski definition) is 2. The molecule has 0 aliphatic carbocycles. The van der Waals surface area contributed by atoms with Crippen LogP contribution in [0.25, 0.3) is 22.1 Å². The van der Waals surface area contributed by atoms with E-state index in [1.54, 1.807) is 24.3 Å². The van der Waals surface area contributed by atoms with Gasteiger partial charge in [0.15, 0.2) is 0 Å². The van der Waals surface area contributed by atoms with Crippen molar-refractivity contribution >= 4 is 33.7 Å². The highest BCUT2D eigenvalue weighted by molar-refractivity contribution is 6.01. The van der Waals surface area contributed by atoms with Crippen LogP contribution in [-0.4, -0.2) is 15.5 Å². The predicted molar refractivity (Wildman–Crippen MR) is 93.6 cm³/mol. The van der Waals surface area contributed by atoms with Gasteiger partial charge in [-0.2, -0.15) is 0 Å². The number of para-hydroxylation sites is 1. The molecule has 0 fully saturated rings. The molecule has 2 aromatic carbocycles. The number of anilines is 1. The number of aromatic nitrogens is 2. The van der Waals surface area contributed by atoms with E-state index in [0.717, 1.165) is 4.57 Å². The van der Waals surface area contributed by atoms with Crippen molar-refractivity contribution in [3.05, 3.63) is 75.2 Å². The SMILES string of the molecule is O=C(Cn1c(=O)[nH]c2c(oc3ccccc32)c1=O)Nc1ccc(F)cc1. The van der Waals surface area contributed by atoms with Gasteiger partial charge in [-0.25, -0.2) is 13.8 Å². The molecule has 0 atom stereocenters. The van der Waals surface area contributed by atoms with Gasteiger partial charge in [0.1, 0.15) is 23.5 Å². The van der Waals surface area contributed by atoms with Gasteiger partial charge in [-0.3, -0.25) is 9.59 Å². The average molecular weight is 353 g/mol. The van der Waals surface area contributed by atoms with Crippen molar-refractivity contribution in [2.75, 3.05) is 5.32 Å². The largest absolute Gasteiger partial charge is 0.449 e. The topological polar surface area (TPSA) is 97.1 Å². The Morgan fingerprint density at radius 3 is 2.62 bits per heavy atom. The van der Waals surface area contributed by atoms with Gasteiger partial charge in [0.25, 0.3) is 5.56 Å². The lowest BCUT2D eigenvalue weighted by atomic mass is 10.2. The van der Waals surface area contributed by atoms with Crippen LogP contribution in [0.3, 0.4) is 0 Å². The molecule has 7 nitrogen and oxygen atoms in total. The van der Waals surface area contributed by atoms with E-state index in [1.807, 2.05) is 0 Å². The molecule has 2 aromatic heterocycles. The Morgan fingerprint density at radius 1 is 1.12 bits per heavy atom. The molecule has 0 radical (unpaired) electrons. The number of H-pyrrole nitrogens is 1. The van der Waals surface area contributed by atoms with Crippen LogP contribution in [0, 0.1) is 5.82 Å². The average Bonchev–Trinajstić information content (AvgIpc) is 2.99. The quantitative estimate of drug-likeness (QED) is 0.590. The Balaban J connectivity index is 1.71. The molecule has 2 N–H and O–H groups in total. The maximum atomic E-state index is 12.9. The van der Waals surface area contributed by atoms with E-state index < -0.39 is 29.5 Å². The van der Waals surface area contributed by atoms with E-state index in [1.165, 1.54) is 24.3 Å². The number of nitrogens with zero attached hydrogens (tertiary/aromatic N) is 1. The lowest BCUT2D eigenvalue weighted by Gasteiger charge is -2.06. The number of fused-ring (bicyclic) bond motifs is 3. The number of carbonyl (C=O) groups is 1. The van der Waals surface area contributed by atoms with Crippen LogP contribution in [-0.2, 0) is 11.3 Å². The minimum absolute atomic E-state index is 0.0274. The minimum atomic E-state index is -0.719. The molecule has 130 valence electrons. The van der Waals surface area contributed by atoms with E-state index in [9.17, 15) is 18.8 Å². The summed E-state index contributed by atoms with van der Waals surface area (Å²) >= 11 is 0. The fraction of sp³-hybridized carbons (Fsp3) is 0.0556. The molecule has 2 heterocycles. The highest BCUT2D eigenvalue weighted by Gasteiger charge is 2.16. The molecular weight excluding hydrogens is 341 g/mol. The van der Waals surface area contributed by atoms with E-state index >= 15 is 0 Å². The first kappa shape index (κ1) is 15.8. The Labute approximate surface area is 144 Å². The first-order valence-corrected chi connectivity index (χ1v) is 7.73. The summed E-state index contributed by atoms with van der Waals surface area (Å²) in [5.74, 6) is -1.04. The maximum Gasteiger partial charge on any atom is 0.329 e. The number of furan rings is 1. The molecule has 4 rings (SSSR count). The Hall–Kier alpha value is -3.68. The predicted octanol–water partition coefficient (Wildman–Crippen LogP) is 2.21. The number of carbonyl (C=O) groups excluding carboxylic acids is 1. The molecule has 0 saturated heterocycles. The molecule has 8 heteroatoms. The molecule has 4 aromatic rings. The summed E-state index contributed by atoms with van der Waals surface area (Å²) in [4.78, 5) is 39.5. The second-order valence-corrected chi connectivity index (χ2v) is 5.68. The molecule has 0 aliphatic heterocycles. The monoisotopic (exact) mass is 353 g/mol. The summed E-state index contributed by atoms with van der Waals surface area (Å²) in [6.45, 7) is -0.501. The summed E-state index contributed by atoms with van der Waals surface area (Å²) in [5.41, 5.74) is -0.335. The summed E-state index contributed by atoms with van der Waals surface area (Å²) in [6.07, 6.45) is 0. The summed E-state index contributed by atoms with van der Waals surface area (Å²) < 4.78 is 19.2. The Bertz CT molecular complexity index is 1250. The molecule has 1 amide bonds. The minimum Gasteiger partial charge on any atom is -0.449 e. The highest BCUT2D eigenvalue weighted by atomic mass is 19.1. The van der Waals surface area contributed by atoms with Crippen LogP contribution in [0.2, 0.25) is 0 Å². The summed E-state index contributed by atoms with van der Waals surface area (Å²) in [5, 5.41) is 3.11. The van der Waals surface area contributed by atoms with Crippen molar-refractivity contribution in [1.29, 1.82) is 0 Å². The molecule has 0 aliphatic rings. The van der Waals surface area contributed by atoms with Crippen molar-refractivity contribution < 1.29 is 13.6 Å². The van der Waals surface area contributed by atoms with Gasteiger partial charge in [-0.05, 0) is 36.4 Å². The second-order valence-electron chi connectivity index (χ2n) is 5.68. The molecule has 0 unspecified atom stereocenters. The van der Waals surface area contributed by atoms with Crippen molar-refractivity contribution in [2.45, 2.75) is 6.54 Å². The third kappa shape index (κ3) is 2.67. The van der Waals surface area contributed by atoms with Gasteiger partial charge < -0.3 is 14.7 Å². The second kappa shape index (κ2) is 5.99. The number of amides is 1. The zero-order valence-corrected chi connectivity index (χ0v) is 13.3. The fourth-order valence-electron chi connectivity index (χ4n) is 2.73. The van der Waals surface area contributed by atoms with Gasteiger partial charge in [0, 0.05) is 11.1 Å². The highest BCUT2D eigenvalue weighted by Crippen LogP contribution is 2.23. The molecule has 0 bridgehead atoms. The molecule has 0 saturated carbocycles. The van der Waals surface area contributed by atoms with E-state index in [2.05, 4.69) is 10.3 Å². The van der Waals surface area contributed by atoms with E-state index in [0.29, 0.717) is 22.2 Å². The van der Waals surface area contributed by atoms with Gasteiger partial charge in [-0.15, -0.1) is 0 Å². The van der Waals surface area contributed by atoms with Crippen molar-refractivity contribution in [2.24, 2.45) is 0 Å². The fourth-order valence-corrected chi connectivity index (χ4v) is 2.73.